The Balaban J connectivity index is 2.45. The van der Waals surface area contributed by atoms with E-state index in [-0.39, 0.29) is 5.41 Å². The maximum atomic E-state index is 11.6. The van der Waals surface area contributed by atoms with Crippen LogP contribution < -0.4 is 0 Å². The highest BCUT2D eigenvalue weighted by molar-refractivity contribution is 5.76. The number of allylic oxidation sites excluding steroid dienone is 2. The Labute approximate surface area is 95.8 Å². The standard InChI is InChI=1S/C13H17NO2/c14-10-9-12-5-1-3-7-13(12,11(15)16)8-4-2-6-12/h1,3H,2,4-9H2,(H,15,16)/t12-,13+/m1/s1. The quantitative estimate of drug-likeness (QED) is 0.726. The Kier molecular flexibility index (Phi) is 2.75. The van der Waals surface area contributed by atoms with Crippen molar-refractivity contribution >= 4 is 5.97 Å². The molecule has 3 nitrogen and oxygen atoms in total. The zero-order valence-corrected chi connectivity index (χ0v) is 9.41. The average molecular weight is 219 g/mol. The molecule has 0 unspecified atom stereocenters. The Morgan fingerprint density at radius 3 is 2.69 bits per heavy atom. The van der Waals surface area contributed by atoms with E-state index >= 15 is 0 Å². The van der Waals surface area contributed by atoms with Crippen LogP contribution in [-0.4, -0.2) is 11.1 Å². The molecule has 86 valence electrons. The Morgan fingerprint density at radius 2 is 2.00 bits per heavy atom. The Hall–Kier alpha value is -1.30. The fraction of sp³-hybridized carbons (Fsp3) is 0.692. The third kappa shape index (κ3) is 1.36. The molecule has 1 fully saturated rings. The van der Waals surface area contributed by atoms with Crippen molar-refractivity contribution in [2.45, 2.75) is 44.9 Å². The molecule has 16 heavy (non-hydrogen) atoms. The van der Waals surface area contributed by atoms with Gasteiger partial charge in [-0.1, -0.05) is 25.0 Å². The molecule has 2 aliphatic rings. The molecule has 1 saturated carbocycles. The summed E-state index contributed by atoms with van der Waals surface area (Å²) in [7, 11) is 0. The van der Waals surface area contributed by atoms with Crippen molar-refractivity contribution in [1.82, 2.24) is 0 Å². The largest absolute Gasteiger partial charge is 0.481 e. The number of fused-ring (bicyclic) bond motifs is 1. The number of hydrogen-bond donors (Lipinski definition) is 1. The van der Waals surface area contributed by atoms with E-state index in [1.807, 2.05) is 6.08 Å². The van der Waals surface area contributed by atoms with Gasteiger partial charge in [-0.05, 0) is 25.7 Å². The zero-order valence-electron chi connectivity index (χ0n) is 9.41. The highest BCUT2D eigenvalue weighted by Crippen LogP contribution is 2.59. The lowest BCUT2D eigenvalue weighted by molar-refractivity contribution is -0.163. The lowest BCUT2D eigenvalue weighted by atomic mass is 9.50. The Morgan fingerprint density at radius 1 is 1.31 bits per heavy atom. The fourth-order valence-electron chi connectivity index (χ4n) is 3.51. The first-order valence-corrected chi connectivity index (χ1v) is 5.92. The van der Waals surface area contributed by atoms with Crippen LogP contribution in [0.1, 0.15) is 44.9 Å². The highest BCUT2D eigenvalue weighted by atomic mass is 16.4. The van der Waals surface area contributed by atoms with Crippen LogP contribution in [-0.2, 0) is 4.79 Å². The first kappa shape index (κ1) is 11.2. The number of nitrogens with zero attached hydrogens (tertiary/aromatic N) is 1. The highest BCUT2D eigenvalue weighted by Gasteiger charge is 2.57. The van der Waals surface area contributed by atoms with Gasteiger partial charge >= 0.3 is 5.97 Å². The number of carbonyl (C=O) groups is 1. The second-order valence-electron chi connectivity index (χ2n) is 5.09. The summed E-state index contributed by atoms with van der Waals surface area (Å²) in [5.74, 6) is -0.702. The molecular formula is C13H17NO2. The van der Waals surface area contributed by atoms with E-state index < -0.39 is 11.4 Å². The Bertz CT molecular complexity index is 369. The van der Waals surface area contributed by atoms with Crippen LogP contribution in [0.2, 0.25) is 0 Å². The summed E-state index contributed by atoms with van der Waals surface area (Å²) in [6.07, 6.45) is 9.43. The van der Waals surface area contributed by atoms with Gasteiger partial charge in [-0.3, -0.25) is 4.79 Å². The molecule has 0 saturated heterocycles. The first-order valence-electron chi connectivity index (χ1n) is 5.92. The summed E-state index contributed by atoms with van der Waals surface area (Å²) < 4.78 is 0. The molecular weight excluding hydrogens is 202 g/mol. The minimum atomic E-state index is -0.702. The normalized spacial score (nSPS) is 37.4. The molecule has 0 spiro atoms. The maximum Gasteiger partial charge on any atom is 0.310 e. The van der Waals surface area contributed by atoms with Gasteiger partial charge in [0.25, 0.3) is 0 Å². The van der Waals surface area contributed by atoms with Gasteiger partial charge in [-0.15, -0.1) is 0 Å². The minimum Gasteiger partial charge on any atom is -0.481 e. The molecule has 2 rings (SSSR count). The molecule has 2 atom stereocenters. The van der Waals surface area contributed by atoms with Gasteiger partial charge in [0, 0.05) is 11.8 Å². The average Bonchev–Trinajstić information content (AvgIpc) is 2.29. The summed E-state index contributed by atoms with van der Waals surface area (Å²) in [5, 5.41) is 18.6. The van der Waals surface area contributed by atoms with Gasteiger partial charge in [-0.2, -0.15) is 5.26 Å². The van der Waals surface area contributed by atoms with E-state index in [0.29, 0.717) is 12.8 Å². The number of carboxylic acid groups (broad SMARTS) is 1. The minimum absolute atomic E-state index is 0.305. The SMILES string of the molecule is N#CC[C@]12CC=CC[C@@]1(C(=O)O)CCCC2. The first-order chi connectivity index (χ1) is 7.67. The molecule has 0 amide bonds. The summed E-state index contributed by atoms with van der Waals surface area (Å²) >= 11 is 0. The van der Waals surface area contributed by atoms with Gasteiger partial charge in [0.2, 0.25) is 0 Å². The predicted molar refractivity (Wildman–Crippen MR) is 59.6 cm³/mol. The molecule has 0 aromatic carbocycles. The van der Waals surface area contributed by atoms with Crippen LogP contribution in [0.4, 0.5) is 0 Å². The van der Waals surface area contributed by atoms with Gasteiger partial charge < -0.3 is 5.11 Å². The number of nitriles is 1. The second kappa shape index (κ2) is 3.93. The summed E-state index contributed by atoms with van der Waals surface area (Å²) in [4.78, 5) is 11.6. The van der Waals surface area contributed by atoms with Crippen LogP contribution in [0.5, 0.6) is 0 Å². The second-order valence-corrected chi connectivity index (χ2v) is 5.09. The molecule has 3 heteroatoms. The fourth-order valence-corrected chi connectivity index (χ4v) is 3.51. The van der Waals surface area contributed by atoms with E-state index in [2.05, 4.69) is 12.1 Å². The summed E-state index contributed by atoms with van der Waals surface area (Å²) in [5.41, 5.74) is -0.976. The van der Waals surface area contributed by atoms with Crippen molar-refractivity contribution < 1.29 is 9.90 Å². The van der Waals surface area contributed by atoms with E-state index in [4.69, 9.17) is 5.26 Å². The van der Waals surface area contributed by atoms with E-state index in [1.165, 1.54) is 0 Å². The van der Waals surface area contributed by atoms with E-state index in [1.54, 1.807) is 0 Å². The third-order valence-corrected chi connectivity index (χ3v) is 4.49. The third-order valence-electron chi connectivity index (χ3n) is 4.49. The molecule has 0 heterocycles. The smallest absolute Gasteiger partial charge is 0.310 e. The van der Waals surface area contributed by atoms with E-state index in [0.717, 1.165) is 32.1 Å². The molecule has 0 radical (unpaired) electrons. The van der Waals surface area contributed by atoms with Gasteiger partial charge in [-0.25, -0.2) is 0 Å². The van der Waals surface area contributed by atoms with Crippen molar-refractivity contribution in [3.05, 3.63) is 12.2 Å². The maximum absolute atomic E-state index is 11.6. The van der Waals surface area contributed by atoms with Gasteiger partial charge in [0.05, 0.1) is 11.5 Å². The summed E-state index contributed by atoms with van der Waals surface area (Å²) in [6.45, 7) is 0. The molecule has 0 bridgehead atoms. The van der Waals surface area contributed by atoms with E-state index in [9.17, 15) is 9.90 Å². The van der Waals surface area contributed by atoms with Crippen LogP contribution in [0, 0.1) is 22.2 Å². The van der Waals surface area contributed by atoms with Crippen molar-refractivity contribution in [2.24, 2.45) is 10.8 Å². The van der Waals surface area contributed by atoms with Crippen molar-refractivity contribution in [1.29, 1.82) is 5.26 Å². The van der Waals surface area contributed by atoms with Crippen molar-refractivity contribution in [2.75, 3.05) is 0 Å². The molecule has 1 N–H and O–H groups in total. The topological polar surface area (TPSA) is 61.1 Å². The lowest BCUT2D eigenvalue weighted by Crippen LogP contribution is -2.50. The molecule has 0 aliphatic heterocycles. The number of hydrogen-bond acceptors (Lipinski definition) is 2. The molecule has 0 aromatic rings. The predicted octanol–water partition coefficient (Wildman–Crippen LogP) is 2.88. The van der Waals surface area contributed by atoms with Crippen LogP contribution in [0.25, 0.3) is 0 Å². The molecule has 0 aromatic heterocycles. The lowest BCUT2D eigenvalue weighted by Gasteiger charge is -2.51. The number of carboxylic acids is 1. The number of aliphatic carboxylic acids is 1. The van der Waals surface area contributed by atoms with Crippen molar-refractivity contribution in [3.63, 3.8) is 0 Å². The zero-order chi connectivity index (χ0) is 11.6. The van der Waals surface area contributed by atoms with Crippen molar-refractivity contribution in [3.8, 4) is 6.07 Å². The van der Waals surface area contributed by atoms with Crippen LogP contribution in [0.3, 0.4) is 0 Å². The van der Waals surface area contributed by atoms with Crippen LogP contribution >= 0.6 is 0 Å². The monoisotopic (exact) mass is 219 g/mol. The van der Waals surface area contributed by atoms with Gasteiger partial charge in [0.1, 0.15) is 0 Å². The molecule has 2 aliphatic carbocycles. The summed E-state index contributed by atoms with van der Waals surface area (Å²) in [6, 6.07) is 2.21. The van der Waals surface area contributed by atoms with Crippen LogP contribution in [0.15, 0.2) is 12.2 Å². The number of rotatable bonds is 2. The van der Waals surface area contributed by atoms with Gasteiger partial charge in [0.15, 0.2) is 0 Å².